The molecule has 0 aromatic rings. The molecule has 7 heteroatoms. The van der Waals surface area contributed by atoms with Gasteiger partial charge < -0.3 is 5.11 Å². The Kier molecular flexibility index (Phi) is 4.53. The van der Waals surface area contributed by atoms with E-state index in [1.54, 1.807) is 13.0 Å². The zero-order valence-electron chi connectivity index (χ0n) is 15.6. The largest absolute Gasteiger partial charge is 0.381 e. The normalized spacial score (nSPS) is 49.7. The number of ketones is 2. The first-order chi connectivity index (χ1) is 13.0. The summed E-state index contributed by atoms with van der Waals surface area (Å²) in [5.74, 6) is -2.25. The topological polar surface area (TPSA) is 54.4 Å². The van der Waals surface area contributed by atoms with Gasteiger partial charge in [0.15, 0.2) is 11.6 Å². The monoisotopic (exact) mass is 446 g/mol. The van der Waals surface area contributed by atoms with Crippen LogP contribution in [0.4, 0.5) is 4.39 Å². The molecule has 3 nitrogen and oxygen atoms in total. The maximum absolute atomic E-state index is 15.2. The molecular weight excluding hydrogens is 426 g/mol. The molecule has 152 valence electrons. The van der Waals surface area contributed by atoms with E-state index < -0.39 is 44.2 Å². The molecule has 0 spiro atoms. The lowest BCUT2D eigenvalue weighted by atomic mass is 9.48. The lowest BCUT2D eigenvalue weighted by molar-refractivity contribution is -0.154. The first-order valence-corrected chi connectivity index (χ1v) is 10.8. The van der Waals surface area contributed by atoms with Crippen molar-refractivity contribution in [2.75, 3.05) is 5.88 Å². The van der Waals surface area contributed by atoms with E-state index in [4.69, 9.17) is 34.8 Å². The van der Waals surface area contributed by atoms with E-state index in [1.807, 2.05) is 6.92 Å². The summed E-state index contributed by atoms with van der Waals surface area (Å²) in [7, 11) is 0. The van der Waals surface area contributed by atoms with Crippen LogP contribution >= 0.6 is 34.8 Å². The van der Waals surface area contributed by atoms with Gasteiger partial charge in [-0.3, -0.25) is 9.59 Å². The summed E-state index contributed by atoms with van der Waals surface area (Å²) in [6.07, 6.45) is 6.84. The lowest BCUT2D eigenvalue weighted by Gasteiger charge is -2.62. The number of carbonyl (C=O) groups excluding carboxylic acids is 2. The van der Waals surface area contributed by atoms with Gasteiger partial charge in [-0.25, -0.2) is 4.39 Å². The first-order valence-electron chi connectivity index (χ1n) is 9.43. The average Bonchev–Trinajstić information content (AvgIpc) is 2.91. The average molecular weight is 448 g/mol. The van der Waals surface area contributed by atoms with Crippen LogP contribution < -0.4 is 0 Å². The molecular formula is C21H22Cl3FO3. The minimum atomic E-state index is -1.61. The molecule has 0 heterocycles. The smallest absolute Gasteiger partial charge is 0.179 e. The van der Waals surface area contributed by atoms with Crippen molar-refractivity contribution in [3.05, 3.63) is 35.7 Å². The van der Waals surface area contributed by atoms with Gasteiger partial charge in [-0.2, -0.15) is 0 Å². The highest BCUT2D eigenvalue weighted by Crippen LogP contribution is 2.70. The van der Waals surface area contributed by atoms with E-state index >= 15 is 4.39 Å². The third-order valence-electron chi connectivity index (χ3n) is 7.95. The van der Waals surface area contributed by atoms with Crippen molar-refractivity contribution in [2.24, 2.45) is 22.7 Å². The number of hydrogen-bond donors (Lipinski definition) is 1. The zero-order valence-corrected chi connectivity index (χ0v) is 17.9. The summed E-state index contributed by atoms with van der Waals surface area (Å²) >= 11 is 19.9. The molecule has 0 aliphatic heterocycles. The molecule has 4 aliphatic rings. The van der Waals surface area contributed by atoms with Gasteiger partial charge >= 0.3 is 0 Å². The van der Waals surface area contributed by atoms with Crippen molar-refractivity contribution in [3.8, 4) is 0 Å². The van der Waals surface area contributed by atoms with Crippen molar-refractivity contribution in [3.63, 3.8) is 0 Å². The van der Waals surface area contributed by atoms with Crippen LogP contribution in [0, 0.1) is 22.7 Å². The third-order valence-corrected chi connectivity index (χ3v) is 9.71. The molecule has 1 unspecified atom stereocenters. The maximum atomic E-state index is 15.2. The molecule has 2 fully saturated rings. The zero-order chi connectivity index (χ0) is 20.7. The summed E-state index contributed by atoms with van der Waals surface area (Å²) in [5.41, 5.74) is -3.20. The predicted octanol–water partition coefficient (Wildman–Crippen LogP) is 4.49. The molecule has 0 aromatic heterocycles. The number of carbonyl (C=O) groups is 2. The van der Waals surface area contributed by atoms with Gasteiger partial charge in [0.2, 0.25) is 0 Å². The predicted molar refractivity (Wildman–Crippen MR) is 107 cm³/mol. The van der Waals surface area contributed by atoms with Crippen molar-refractivity contribution in [2.45, 2.75) is 49.0 Å². The summed E-state index contributed by atoms with van der Waals surface area (Å²) in [4.78, 5) is 23.3. The van der Waals surface area contributed by atoms with Crippen LogP contribution in [0.5, 0.6) is 0 Å². The number of Topliss-reactive ketones (excluding diaryl/α,β-unsaturated/α-hetero) is 1. The summed E-state index contributed by atoms with van der Waals surface area (Å²) in [5, 5.41) is 10.6. The Morgan fingerprint density at radius 3 is 2.71 bits per heavy atom. The molecule has 7 atom stereocenters. The van der Waals surface area contributed by atoms with Gasteiger partial charge in [0.05, 0.1) is 16.1 Å². The number of fused-ring (bicyclic) bond motifs is 5. The highest BCUT2D eigenvalue weighted by molar-refractivity contribution is 6.34. The second kappa shape index (κ2) is 6.16. The Morgan fingerprint density at radius 2 is 2.07 bits per heavy atom. The van der Waals surface area contributed by atoms with Crippen LogP contribution in [0.2, 0.25) is 0 Å². The van der Waals surface area contributed by atoms with Gasteiger partial charge in [0, 0.05) is 22.3 Å². The maximum Gasteiger partial charge on any atom is 0.179 e. The molecule has 0 saturated heterocycles. The van der Waals surface area contributed by atoms with E-state index in [0.717, 1.165) is 0 Å². The number of allylic oxidation sites excluding steroid dienone is 6. The molecule has 0 bridgehead atoms. The minimum absolute atomic E-state index is 0.241. The Bertz CT molecular complexity index is 867. The molecule has 1 N–H and O–H groups in total. The third kappa shape index (κ3) is 2.21. The van der Waals surface area contributed by atoms with Crippen molar-refractivity contribution in [1.29, 1.82) is 0 Å². The Labute approximate surface area is 178 Å². The van der Waals surface area contributed by atoms with E-state index in [-0.39, 0.29) is 29.6 Å². The fourth-order valence-electron chi connectivity index (χ4n) is 6.25. The molecule has 4 rings (SSSR count). The Hall–Kier alpha value is -0.680. The number of aliphatic hydroxyl groups is 1. The highest BCUT2D eigenvalue weighted by atomic mass is 35.5. The number of halogens is 4. The quantitative estimate of drug-likeness (QED) is 0.635. The van der Waals surface area contributed by atoms with Gasteiger partial charge in [-0.15, -0.1) is 34.8 Å². The standard InChI is InChI=1S/C21H22Cl3FO3/c1-18-5-3-11(26)7-14(18)15(25)8-13-12-4-6-20(28,17(27)10-22)19(12,2)9-16(23)21(13,18)24/h3,5,7-8,12-13,16,28H,4,6,9-10H2,1-2H3/t12-,13-,16?,18-,19-,20-,21-/m0/s1. The van der Waals surface area contributed by atoms with Gasteiger partial charge in [0.1, 0.15) is 11.4 Å². The van der Waals surface area contributed by atoms with Crippen molar-refractivity contribution < 1.29 is 19.1 Å². The number of rotatable bonds is 2. The van der Waals surface area contributed by atoms with E-state index in [9.17, 15) is 14.7 Å². The van der Waals surface area contributed by atoms with Crippen molar-refractivity contribution in [1.82, 2.24) is 0 Å². The molecule has 0 radical (unpaired) electrons. The van der Waals surface area contributed by atoms with Crippen LogP contribution in [0.1, 0.15) is 33.1 Å². The molecule has 2 saturated carbocycles. The van der Waals surface area contributed by atoms with Crippen LogP contribution in [-0.4, -0.2) is 38.4 Å². The summed E-state index contributed by atoms with van der Waals surface area (Å²) in [6, 6.07) is 0. The number of alkyl halides is 3. The summed E-state index contributed by atoms with van der Waals surface area (Å²) < 4.78 is 15.2. The second-order valence-corrected chi connectivity index (χ2v) is 10.4. The fourth-order valence-corrected chi connectivity index (χ4v) is 7.62. The molecule has 4 aliphatic carbocycles. The van der Waals surface area contributed by atoms with Crippen LogP contribution in [0.3, 0.4) is 0 Å². The van der Waals surface area contributed by atoms with Gasteiger partial charge in [0.25, 0.3) is 0 Å². The second-order valence-electron chi connectivity index (χ2n) is 8.96. The first kappa shape index (κ1) is 20.6. The van der Waals surface area contributed by atoms with Crippen molar-refractivity contribution >= 4 is 46.4 Å². The van der Waals surface area contributed by atoms with Crippen LogP contribution in [-0.2, 0) is 9.59 Å². The van der Waals surface area contributed by atoms with E-state index in [2.05, 4.69) is 0 Å². The van der Waals surface area contributed by atoms with Crippen LogP contribution in [0.25, 0.3) is 0 Å². The number of hydrogen-bond acceptors (Lipinski definition) is 3. The lowest BCUT2D eigenvalue weighted by Crippen LogP contribution is -2.66. The Balaban J connectivity index is 1.90. The van der Waals surface area contributed by atoms with Crippen LogP contribution in [0.15, 0.2) is 35.7 Å². The molecule has 0 amide bonds. The van der Waals surface area contributed by atoms with E-state index in [1.165, 1.54) is 18.2 Å². The van der Waals surface area contributed by atoms with E-state index in [0.29, 0.717) is 12.8 Å². The summed E-state index contributed by atoms with van der Waals surface area (Å²) in [6.45, 7) is 3.64. The van der Waals surface area contributed by atoms with Gasteiger partial charge in [-0.1, -0.05) is 19.9 Å². The molecule has 0 aromatic carbocycles. The Morgan fingerprint density at radius 1 is 1.39 bits per heavy atom. The minimum Gasteiger partial charge on any atom is -0.381 e. The fraction of sp³-hybridized carbons (Fsp3) is 0.619. The SMILES string of the molecule is C[C@]12C=CC(=O)C=C1C(F)=C[C@H]1[C@@H]3CC[C@](O)(C(=O)CCl)[C@@]3(C)CC(Cl)[C@@]12Cl. The molecule has 28 heavy (non-hydrogen) atoms. The highest BCUT2D eigenvalue weighted by Gasteiger charge is 2.72. The van der Waals surface area contributed by atoms with Gasteiger partial charge in [-0.05, 0) is 43.4 Å².